The smallest absolute Gasteiger partial charge is 0.410 e. The molecule has 0 spiro atoms. The zero-order chi connectivity index (χ0) is 18.0. The number of likely N-dealkylation sites (tertiary alicyclic amines) is 1. The number of hydrogen-bond acceptors (Lipinski definition) is 4. The number of carbonyl (C=O) groups excluding carboxylic acids is 1. The highest BCUT2D eigenvalue weighted by Gasteiger charge is 2.37. The predicted molar refractivity (Wildman–Crippen MR) is 93.1 cm³/mol. The van der Waals surface area contributed by atoms with E-state index in [2.05, 4.69) is 27.3 Å². The quantitative estimate of drug-likeness (QED) is 0.807. The third-order valence-corrected chi connectivity index (χ3v) is 4.44. The first kappa shape index (κ1) is 18.5. The molecular weight excluding hydrogens is 377 g/mol. The Hall–Kier alpha value is -1.81. The minimum Gasteiger partial charge on any atom is -0.444 e. The maximum atomic E-state index is 13.2. The molecule has 1 N–H and O–H groups in total. The van der Waals surface area contributed by atoms with Crippen LogP contribution < -0.4 is 5.32 Å². The van der Waals surface area contributed by atoms with Crippen molar-refractivity contribution in [2.75, 3.05) is 18.4 Å². The molecule has 5 nitrogen and oxygen atoms in total. The molecule has 0 aromatic heterocycles. The standard InChI is InChI=1S/C17H21BrFN3O2/c1-16(2,3)24-15(23)22-8-6-17(11-20,7-9-22)21-14-5-4-12(19)10-13(14)18/h4-5,10,21H,6-9H2,1-3H3. The van der Waals surface area contributed by atoms with Crippen LogP contribution in [0.15, 0.2) is 22.7 Å². The first-order valence-corrected chi connectivity index (χ1v) is 8.56. The van der Waals surface area contributed by atoms with Gasteiger partial charge in [-0.25, -0.2) is 9.18 Å². The zero-order valence-electron chi connectivity index (χ0n) is 14.0. The number of anilines is 1. The third kappa shape index (κ3) is 4.60. The van der Waals surface area contributed by atoms with E-state index in [9.17, 15) is 14.4 Å². The van der Waals surface area contributed by atoms with Gasteiger partial charge in [0.05, 0.1) is 6.07 Å². The van der Waals surface area contributed by atoms with Crippen molar-refractivity contribution in [3.63, 3.8) is 0 Å². The van der Waals surface area contributed by atoms with Crippen LogP contribution >= 0.6 is 15.9 Å². The van der Waals surface area contributed by atoms with Crippen molar-refractivity contribution in [1.82, 2.24) is 4.90 Å². The predicted octanol–water partition coefficient (Wildman–Crippen LogP) is 4.29. The Kier molecular flexibility index (Phi) is 5.38. The van der Waals surface area contributed by atoms with Crippen LogP contribution in [0.25, 0.3) is 0 Å². The maximum absolute atomic E-state index is 13.2. The van der Waals surface area contributed by atoms with Crippen molar-refractivity contribution >= 4 is 27.7 Å². The molecule has 0 bridgehead atoms. The van der Waals surface area contributed by atoms with Crippen LogP contribution in [0.3, 0.4) is 0 Å². The molecular formula is C17H21BrFN3O2. The van der Waals surface area contributed by atoms with Crippen LogP contribution in [0.4, 0.5) is 14.9 Å². The Labute approximate surface area is 149 Å². The van der Waals surface area contributed by atoms with Gasteiger partial charge >= 0.3 is 6.09 Å². The van der Waals surface area contributed by atoms with E-state index < -0.39 is 11.1 Å². The first-order valence-electron chi connectivity index (χ1n) is 7.77. The molecule has 0 radical (unpaired) electrons. The van der Waals surface area contributed by atoms with Gasteiger partial charge in [-0.2, -0.15) is 5.26 Å². The monoisotopic (exact) mass is 397 g/mol. The van der Waals surface area contributed by atoms with E-state index in [4.69, 9.17) is 4.74 Å². The van der Waals surface area contributed by atoms with Crippen molar-refractivity contribution in [2.24, 2.45) is 0 Å². The average molecular weight is 398 g/mol. The molecule has 24 heavy (non-hydrogen) atoms. The summed E-state index contributed by atoms with van der Waals surface area (Å²) < 4.78 is 19.1. The Morgan fingerprint density at radius 2 is 2.04 bits per heavy atom. The molecule has 1 saturated heterocycles. The molecule has 0 unspecified atom stereocenters. The molecule has 1 fully saturated rings. The second-order valence-corrected chi connectivity index (χ2v) is 7.76. The van der Waals surface area contributed by atoms with Gasteiger partial charge in [0.1, 0.15) is 17.0 Å². The van der Waals surface area contributed by atoms with E-state index in [0.717, 1.165) is 0 Å². The van der Waals surface area contributed by atoms with Crippen LogP contribution in [0.2, 0.25) is 0 Å². The Balaban J connectivity index is 2.04. The average Bonchev–Trinajstić information content (AvgIpc) is 2.49. The third-order valence-electron chi connectivity index (χ3n) is 3.79. The summed E-state index contributed by atoms with van der Waals surface area (Å²) in [6.07, 6.45) is 0.566. The molecule has 1 amide bonds. The molecule has 1 aromatic rings. The minimum atomic E-state index is -0.793. The molecule has 130 valence electrons. The highest BCUT2D eigenvalue weighted by molar-refractivity contribution is 9.10. The number of nitrogens with one attached hydrogen (secondary N) is 1. The molecule has 1 aliphatic rings. The summed E-state index contributed by atoms with van der Waals surface area (Å²) in [5.74, 6) is -0.349. The summed E-state index contributed by atoms with van der Waals surface area (Å²) in [5.41, 5.74) is -0.680. The van der Waals surface area contributed by atoms with Crippen molar-refractivity contribution in [2.45, 2.75) is 44.8 Å². The van der Waals surface area contributed by atoms with Gasteiger partial charge in [0.2, 0.25) is 0 Å². The number of amides is 1. The number of piperidine rings is 1. The second kappa shape index (κ2) is 6.98. The van der Waals surface area contributed by atoms with Crippen molar-refractivity contribution < 1.29 is 13.9 Å². The number of carbonyl (C=O) groups is 1. The lowest BCUT2D eigenvalue weighted by molar-refractivity contribution is 0.0195. The number of nitrogens with zero attached hydrogens (tertiary/aromatic N) is 2. The number of halogens is 2. The highest BCUT2D eigenvalue weighted by atomic mass is 79.9. The summed E-state index contributed by atoms with van der Waals surface area (Å²) >= 11 is 3.30. The Morgan fingerprint density at radius 1 is 1.42 bits per heavy atom. The molecule has 0 saturated carbocycles. The van der Waals surface area contributed by atoms with Gasteiger partial charge in [0.15, 0.2) is 0 Å². The molecule has 2 rings (SSSR count). The summed E-state index contributed by atoms with van der Waals surface area (Å²) in [6, 6.07) is 6.60. The van der Waals surface area contributed by atoms with Crippen LogP contribution in [-0.2, 0) is 4.74 Å². The number of rotatable bonds is 2. The molecule has 0 aliphatic carbocycles. The van der Waals surface area contributed by atoms with E-state index in [0.29, 0.717) is 36.1 Å². The lowest BCUT2D eigenvalue weighted by atomic mass is 9.88. The van der Waals surface area contributed by atoms with Crippen LogP contribution in [-0.4, -0.2) is 35.2 Å². The Bertz CT molecular complexity index is 659. The van der Waals surface area contributed by atoms with E-state index in [-0.39, 0.29) is 11.9 Å². The van der Waals surface area contributed by atoms with E-state index in [1.807, 2.05) is 20.8 Å². The van der Waals surface area contributed by atoms with Gasteiger partial charge in [-0.1, -0.05) is 0 Å². The number of ether oxygens (including phenoxy) is 1. The fraction of sp³-hybridized carbons (Fsp3) is 0.529. The fourth-order valence-electron chi connectivity index (χ4n) is 2.51. The normalized spacial score (nSPS) is 17.1. The molecule has 1 aromatic carbocycles. The van der Waals surface area contributed by atoms with Crippen molar-refractivity contribution in [3.05, 3.63) is 28.5 Å². The molecule has 0 atom stereocenters. The van der Waals surface area contributed by atoms with Gasteiger partial charge in [0, 0.05) is 36.1 Å². The largest absolute Gasteiger partial charge is 0.444 e. The summed E-state index contributed by atoms with van der Waals surface area (Å²) in [4.78, 5) is 13.7. The van der Waals surface area contributed by atoms with Crippen LogP contribution in [0, 0.1) is 17.1 Å². The summed E-state index contributed by atoms with van der Waals surface area (Å²) in [6.45, 7) is 6.31. The summed E-state index contributed by atoms with van der Waals surface area (Å²) in [7, 11) is 0. The first-order chi connectivity index (χ1) is 11.1. The van der Waals surface area contributed by atoms with Gasteiger partial charge in [-0.05, 0) is 54.9 Å². The maximum Gasteiger partial charge on any atom is 0.410 e. The second-order valence-electron chi connectivity index (χ2n) is 6.91. The number of hydrogen-bond donors (Lipinski definition) is 1. The van der Waals surface area contributed by atoms with E-state index >= 15 is 0 Å². The van der Waals surface area contributed by atoms with Crippen LogP contribution in [0.1, 0.15) is 33.6 Å². The highest BCUT2D eigenvalue weighted by Crippen LogP contribution is 2.31. The van der Waals surface area contributed by atoms with Crippen LogP contribution in [0.5, 0.6) is 0 Å². The van der Waals surface area contributed by atoms with Gasteiger partial charge < -0.3 is 15.0 Å². The fourth-order valence-corrected chi connectivity index (χ4v) is 2.96. The summed E-state index contributed by atoms with van der Waals surface area (Å²) in [5, 5.41) is 12.8. The van der Waals surface area contributed by atoms with Gasteiger partial charge in [-0.3, -0.25) is 0 Å². The molecule has 7 heteroatoms. The molecule has 1 aliphatic heterocycles. The zero-order valence-corrected chi connectivity index (χ0v) is 15.6. The minimum absolute atomic E-state index is 0.349. The molecule has 1 heterocycles. The Morgan fingerprint density at radius 3 is 2.54 bits per heavy atom. The van der Waals surface area contributed by atoms with E-state index in [1.165, 1.54) is 12.1 Å². The lowest BCUT2D eigenvalue weighted by Crippen LogP contribution is -2.51. The van der Waals surface area contributed by atoms with Gasteiger partial charge in [-0.15, -0.1) is 0 Å². The van der Waals surface area contributed by atoms with Crippen molar-refractivity contribution in [1.29, 1.82) is 5.26 Å². The van der Waals surface area contributed by atoms with E-state index in [1.54, 1.807) is 11.0 Å². The van der Waals surface area contributed by atoms with Crippen molar-refractivity contribution in [3.8, 4) is 6.07 Å². The SMILES string of the molecule is CC(C)(C)OC(=O)N1CCC(C#N)(Nc2ccc(F)cc2Br)CC1. The lowest BCUT2D eigenvalue weighted by Gasteiger charge is -2.38. The topological polar surface area (TPSA) is 65.4 Å². The number of benzene rings is 1. The van der Waals surface area contributed by atoms with Gasteiger partial charge in [0.25, 0.3) is 0 Å². The number of nitriles is 1.